The van der Waals surface area contributed by atoms with Crippen LogP contribution in [-0.4, -0.2) is 30.5 Å². The van der Waals surface area contributed by atoms with Gasteiger partial charge in [0, 0.05) is 19.2 Å². The van der Waals surface area contributed by atoms with Crippen LogP contribution in [0.4, 0.5) is 11.4 Å². The van der Waals surface area contributed by atoms with Crippen LogP contribution in [0.25, 0.3) is 0 Å². The highest BCUT2D eigenvalue weighted by Crippen LogP contribution is 2.34. The summed E-state index contributed by atoms with van der Waals surface area (Å²) in [4.78, 5) is 30.5. The van der Waals surface area contributed by atoms with Crippen LogP contribution in [0, 0.1) is 12.8 Å². The van der Waals surface area contributed by atoms with Crippen molar-refractivity contribution in [3.05, 3.63) is 47.2 Å². The summed E-state index contributed by atoms with van der Waals surface area (Å²) in [5.74, 6) is -0.219. The van der Waals surface area contributed by atoms with Crippen LogP contribution in [0.2, 0.25) is 5.15 Å². The fourth-order valence-corrected chi connectivity index (χ4v) is 3.01. The third kappa shape index (κ3) is 3.58. The van der Waals surface area contributed by atoms with Gasteiger partial charge in [-0.2, -0.15) is 0 Å². The minimum Gasteiger partial charge on any atom is -0.495 e. The molecule has 1 saturated heterocycles. The largest absolute Gasteiger partial charge is 0.495 e. The van der Waals surface area contributed by atoms with E-state index < -0.39 is 5.92 Å². The van der Waals surface area contributed by atoms with E-state index in [2.05, 4.69) is 10.3 Å². The Bertz CT molecular complexity index is 825. The fraction of sp³-hybridized carbons (Fsp3) is 0.278. The van der Waals surface area contributed by atoms with E-state index in [1.54, 1.807) is 30.3 Å². The molecule has 6 nitrogen and oxygen atoms in total. The number of amides is 2. The van der Waals surface area contributed by atoms with Crippen molar-refractivity contribution in [2.75, 3.05) is 23.9 Å². The number of aryl methyl sites for hydroxylation is 1. The second kappa shape index (κ2) is 7.11. The van der Waals surface area contributed by atoms with Crippen LogP contribution in [0.5, 0.6) is 5.75 Å². The quantitative estimate of drug-likeness (QED) is 0.852. The van der Waals surface area contributed by atoms with Crippen LogP contribution in [-0.2, 0) is 9.59 Å². The predicted octanol–water partition coefficient (Wildman–Crippen LogP) is 3.04. The fourth-order valence-electron chi connectivity index (χ4n) is 2.84. The molecule has 1 fully saturated rings. The lowest BCUT2D eigenvalue weighted by Gasteiger charge is -2.20. The van der Waals surface area contributed by atoms with Gasteiger partial charge >= 0.3 is 0 Å². The SMILES string of the molecule is COc1ccc(C)cc1N1CC(C(=O)Nc2cccnc2Cl)CC1=O. The van der Waals surface area contributed by atoms with Crippen molar-refractivity contribution in [3.8, 4) is 5.75 Å². The molecule has 1 aromatic heterocycles. The number of benzene rings is 1. The number of ether oxygens (including phenoxy) is 1. The number of nitrogens with zero attached hydrogens (tertiary/aromatic N) is 2. The maximum atomic E-state index is 12.5. The summed E-state index contributed by atoms with van der Waals surface area (Å²) in [5.41, 5.74) is 2.13. The molecule has 130 valence electrons. The van der Waals surface area contributed by atoms with Crippen LogP contribution >= 0.6 is 11.6 Å². The predicted molar refractivity (Wildman–Crippen MR) is 96.1 cm³/mol. The molecule has 1 aliphatic rings. The van der Waals surface area contributed by atoms with Gasteiger partial charge in [-0.25, -0.2) is 4.98 Å². The first-order valence-electron chi connectivity index (χ1n) is 7.86. The van der Waals surface area contributed by atoms with Crippen molar-refractivity contribution in [2.24, 2.45) is 5.92 Å². The van der Waals surface area contributed by atoms with E-state index >= 15 is 0 Å². The van der Waals surface area contributed by atoms with Crippen molar-refractivity contribution in [1.82, 2.24) is 4.98 Å². The molecule has 1 unspecified atom stereocenters. The molecule has 1 aliphatic heterocycles. The summed E-state index contributed by atoms with van der Waals surface area (Å²) in [5, 5.41) is 2.96. The van der Waals surface area contributed by atoms with Gasteiger partial charge < -0.3 is 15.0 Å². The number of rotatable bonds is 4. The third-order valence-corrected chi connectivity index (χ3v) is 4.44. The number of aromatic nitrogens is 1. The van der Waals surface area contributed by atoms with Crippen molar-refractivity contribution in [1.29, 1.82) is 0 Å². The minimum absolute atomic E-state index is 0.110. The van der Waals surface area contributed by atoms with E-state index in [0.29, 0.717) is 23.7 Å². The third-order valence-electron chi connectivity index (χ3n) is 4.14. The molecule has 0 spiro atoms. The van der Waals surface area contributed by atoms with Crippen LogP contribution in [0.1, 0.15) is 12.0 Å². The van der Waals surface area contributed by atoms with E-state index in [1.807, 2.05) is 25.1 Å². The van der Waals surface area contributed by atoms with E-state index in [1.165, 1.54) is 0 Å². The van der Waals surface area contributed by atoms with Crippen LogP contribution in [0.15, 0.2) is 36.5 Å². The average molecular weight is 360 g/mol. The van der Waals surface area contributed by atoms with Crippen LogP contribution in [0.3, 0.4) is 0 Å². The van der Waals surface area contributed by atoms with Gasteiger partial charge in [-0.05, 0) is 36.8 Å². The zero-order valence-electron chi connectivity index (χ0n) is 14.0. The maximum absolute atomic E-state index is 12.5. The molecular formula is C18H18ClN3O3. The van der Waals surface area contributed by atoms with E-state index in [0.717, 1.165) is 5.56 Å². The number of methoxy groups -OCH3 is 1. The number of nitrogens with one attached hydrogen (secondary N) is 1. The second-order valence-electron chi connectivity index (χ2n) is 5.91. The molecule has 25 heavy (non-hydrogen) atoms. The van der Waals surface area contributed by atoms with Gasteiger partial charge in [-0.15, -0.1) is 0 Å². The Labute approximate surface area is 150 Å². The van der Waals surface area contributed by atoms with Gasteiger partial charge in [0.15, 0.2) is 5.15 Å². The first-order valence-corrected chi connectivity index (χ1v) is 8.23. The molecule has 1 N–H and O–H groups in total. The molecule has 2 heterocycles. The normalized spacial score (nSPS) is 16.8. The lowest BCUT2D eigenvalue weighted by molar-refractivity contribution is -0.122. The number of carbonyl (C=O) groups excluding carboxylic acids is 2. The summed E-state index contributed by atoms with van der Waals surface area (Å²) < 4.78 is 5.35. The van der Waals surface area contributed by atoms with Gasteiger partial charge in [0.2, 0.25) is 11.8 Å². The topological polar surface area (TPSA) is 71.5 Å². The molecule has 1 aromatic carbocycles. The molecule has 0 aliphatic carbocycles. The summed E-state index contributed by atoms with van der Waals surface area (Å²) in [7, 11) is 1.56. The van der Waals surface area contributed by atoms with E-state index in [4.69, 9.17) is 16.3 Å². The molecule has 7 heteroatoms. The van der Waals surface area contributed by atoms with Gasteiger partial charge in [0.1, 0.15) is 5.75 Å². The zero-order chi connectivity index (χ0) is 18.0. The Hall–Kier alpha value is -2.60. The Balaban J connectivity index is 1.78. The number of anilines is 2. The Kier molecular flexibility index (Phi) is 4.90. The summed E-state index contributed by atoms with van der Waals surface area (Å²) in [6.45, 7) is 2.24. The Morgan fingerprint density at radius 3 is 2.92 bits per heavy atom. The van der Waals surface area contributed by atoms with Crippen LogP contribution < -0.4 is 15.0 Å². The maximum Gasteiger partial charge on any atom is 0.229 e. The van der Waals surface area contributed by atoms with Crippen molar-refractivity contribution in [2.45, 2.75) is 13.3 Å². The molecule has 0 bridgehead atoms. The van der Waals surface area contributed by atoms with Gasteiger partial charge in [0.05, 0.1) is 24.4 Å². The average Bonchev–Trinajstić information content (AvgIpc) is 2.98. The number of halogens is 1. The number of pyridine rings is 1. The summed E-state index contributed by atoms with van der Waals surface area (Å²) in [6, 6.07) is 8.98. The van der Waals surface area contributed by atoms with E-state index in [-0.39, 0.29) is 23.4 Å². The second-order valence-corrected chi connectivity index (χ2v) is 6.27. The minimum atomic E-state index is -0.464. The molecule has 3 rings (SSSR count). The summed E-state index contributed by atoms with van der Waals surface area (Å²) >= 11 is 5.97. The van der Waals surface area contributed by atoms with Gasteiger partial charge in [0.25, 0.3) is 0 Å². The number of hydrogen-bond acceptors (Lipinski definition) is 4. The van der Waals surface area contributed by atoms with Gasteiger partial charge in [-0.1, -0.05) is 17.7 Å². The molecule has 2 amide bonds. The standard InChI is InChI=1S/C18H18ClN3O3/c1-11-5-6-15(25-2)14(8-11)22-10-12(9-16(22)23)18(24)21-13-4-3-7-20-17(13)19/h3-8,12H,9-10H2,1-2H3,(H,21,24). The van der Waals surface area contributed by atoms with E-state index in [9.17, 15) is 9.59 Å². The molecule has 0 radical (unpaired) electrons. The lowest BCUT2D eigenvalue weighted by atomic mass is 10.1. The number of hydrogen-bond donors (Lipinski definition) is 1. The molecule has 1 atom stereocenters. The van der Waals surface area contributed by atoms with Gasteiger partial charge in [-0.3, -0.25) is 9.59 Å². The molecule has 0 saturated carbocycles. The lowest BCUT2D eigenvalue weighted by Crippen LogP contribution is -2.28. The highest BCUT2D eigenvalue weighted by molar-refractivity contribution is 6.32. The van der Waals surface area contributed by atoms with Crippen molar-refractivity contribution >= 4 is 34.8 Å². The van der Waals surface area contributed by atoms with Crippen molar-refractivity contribution < 1.29 is 14.3 Å². The highest BCUT2D eigenvalue weighted by Gasteiger charge is 2.36. The Morgan fingerprint density at radius 2 is 2.20 bits per heavy atom. The zero-order valence-corrected chi connectivity index (χ0v) is 14.7. The monoisotopic (exact) mass is 359 g/mol. The smallest absolute Gasteiger partial charge is 0.229 e. The molecule has 2 aromatic rings. The van der Waals surface area contributed by atoms with Crippen molar-refractivity contribution in [3.63, 3.8) is 0 Å². The molecular weight excluding hydrogens is 342 g/mol. The first kappa shape index (κ1) is 17.2. The first-order chi connectivity index (χ1) is 12.0. The summed E-state index contributed by atoms with van der Waals surface area (Å²) in [6.07, 6.45) is 1.68. The highest BCUT2D eigenvalue weighted by atomic mass is 35.5. The number of carbonyl (C=O) groups is 2. The Morgan fingerprint density at radius 1 is 1.40 bits per heavy atom.